The van der Waals surface area contributed by atoms with Crippen LogP contribution in [0.15, 0.2) is 3.92 Å². The fourth-order valence-corrected chi connectivity index (χ4v) is 3.10. The quantitative estimate of drug-likeness (QED) is 0.855. The summed E-state index contributed by atoms with van der Waals surface area (Å²) in [4.78, 5) is 4.42. The highest BCUT2D eigenvalue weighted by atomic mass is 79.9. The molecule has 5 heteroatoms. The first-order valence-corrected chi connectivity index (χ1v) is 6.97. The Hall–Kier alpha value is -0.0000000000000000555. The average molecular weight is 291 g/mol. The van der Waals surface area contributed by atoms with Crippen LogP contribution in [0.5, 0.6) is 0 Å². The molecule has 0 bridgehead atoms. The first-order valence-electron chi connectivity index (χ1n) is 5.40. The molecule has 1 saturated carbocycles. The van der Waals surface area contributed by atoms with E-state index in [1.54, 1.807) is 0 Å². The van der Waals surface area contributed by atoms with E-state index in [0.29, 0.717) is 0 Å². The van der Waals surface area contributed by atoms with Crippen molar-refractivity contribution in [2.45, 2.75) is 44.6 Å². The molecule has 0 saturated heterocycles. The Morgan fingerprint density at radius 2 is 2.13 bits per heavy atom. The molecule has 1 heterocycles. The van der Waals surface area contributed by atoms with Crippen LogP contribution in [-0.2, 0) is 10.3 Å². The third kappa shape index (κ3) is 2.40. The summed E-state index contributed by atoms with van der Waals surface area (Å²) in [5.41, 5.74) is -0.199. The van der Waals surface area contributed by atoms with E-state index in [-0.39, 0.29) is 5.60 Å². The molecule has 84 valence electrons. The molecule has 1 aliphatic carbocycles. The van der Waals surface area contributed by atoms with Crippen molar-refractivity contribution >= 4 is 27.5 Å². The van der Waals surface area contributed by atoms with Gasteiger partial charge in [-0.2, -0.15) is 4.37 Å². The van der Waals surface area contributed by atoms with Gasteiger partial charge in [0, 0.05) is 6.61 Å². The van der Waals surface area contributed by atoms with Crippen molar-refractivity contribution in [2.75, 3.05) is 6.61 Å². The SMILES string of the molecule is CCOC1(c2nsc(Br)n2)CCCCC1. The zero-order valence-electron chi connectivity index (χ0n) is 8.83. The summed E-state index contributed by atoms with van der Waals surface area (Å²) >= 11 is 4.76. The lowest BCUT2D eigenvalue weighted by Crippen LogP contribution is -2.33. The van der Waals surface area contributed by atoms with E-state index in [9.17, 15) is 0 Å². The minimum atomic E-state index is -0.199. The average Bonchev–Trinajstić information content (AvgIpc) is 2.67. The van der Waals surface area contributed by atoms with Gasteiger partial charge in [0.2, 0.25) is 0 Å². The number of hydrogen-bond acceptors (Lipinski definition) is 4. The molecule has 0 aliphatic heterocycles. The molecular weight excluding hydrogens is 276 g/mol. The maximum atomic E-state index is 5.93. The van der Waals surface area contributed by atoms with E-state index < -0.39 is 0 Å². The molecule has 0 N–H and O–H groups in total. The predicted molar refractivity (Wildman–Crippen MR) is 64.0 cm³/mol. The molecule has 0 aromatic carbocycles. The number of hydrogen-bond donors (Lipinski definition) is 0. The Balaban J connectivity index is 2.24. The highest BCUT2D eigenvalue weighted by Gasteiger charge is 2.38. The Morgan fingerprint density at radius 1 is 1.40 bits per heavy atom. The fourth-order valence-electron chi connectivity index (χ4n) is 2.22. The Bertz CT molecular complexity index is 317. The van der Waals surface area contributed by atoms with Gasteiger partial charge in [-0.3, -0.25) is 0 Å². The lowest BCUT2D eigenvalue weighted by Gasteiger charge is -2.34. The van der Waals surface area contributed by atoms with Crippen LogP contribution in [-0.4, -0.2) is 16.0 Å². The summed E-state index contributed by atoms with van der Waals surface area (Å²) in [7, 11) is 0. The third-order valence-electron chi connectivity index (χ3n) is 2.89. The minimum absolute atomic E-state index is 0.199. The van der Waals surface area contributed by atoms with Gasteiger partial charge in [0.15, 0.2) is 9.74 Å². The van der Waals surface area contributed by atoms with E-state index in [1.165, 1.54) is 30.8 Å². The smallest absolute Gasteiger partial charge is 0.179 e. The Morgan fingerprint density at radius 3 is 2.67 bits per heavy atom. The number of halogens is 1. The monoisotopic (exact) mass is 290 g/mol. The van der Waals surface area contributed by atoms with Gasteiger partial charge >= 0.3 is 0 Å². The topological polar surface area (TPSA) is 35.0 Å². The van der Waals surface area contributed by atoms with E-state index in [0.717, 1.165) is 29.2 Å². The normalized spacial score (nSPS) is 20.4. The van der Waals surface area contributed by atoms with Crippen LogP contribution < -0.4 is 0 Å². The first-order chi connectivity index (χ1) is 7.27. The fraction of sp³-hybridized carbons (Fsp3) is 0.800. The van der Waals surface area contributed by atoms with Gasteiger partial charge in [0.25, 0.3) is 0 Å². The molecule has 3 nitrogen and oxygen atoms in total. The van der Waals surface area contributed by atoms with Crippen LogP contribution in [0.3, 0.4) is 0 Å². The Labute approximate surface area is 103 Å². The standard InChI is InChI=1S/C10H15BrN2OS/c1-2-14-10(6-4-3-5-7-10)8-12-9(11)15-13-8/h2-7H2,1H3. The summed E-state index contributed by atoms with van der Waals surface area (Å²) in [6.07, 6.45) is 5.86. The van der Waals surface area contributed by atoms with E-state index in [1.807, 2.05) is 6.92 Å². The number of aromatic nitrogens is 2. The van der Waals surface area contributed by atoms with Crippen molar-refractivity contribution in [3.8, 4) is 0 Å². The van der Waals surface area contributed by atoms with Gasteiger partial charge in [0.05, 0.1) is 0 Å². The van der Waals surface area contributed by atoms with Gasteiger partial charge in [0.1, 0.15) is 5.60 Å². The molecule has 2 rings (SSSR count). The molecule has 0 amide bonds. The van der Waals surface area contributed by atoms with Crippen molar-refractivity contribution in [3.05, 3.63) is 9.74 Å². The summed E-state index contributed by atoms with van der Waals surface area (Å²) in [5.74, 6) is 0.876. The van der Waals surface area contributed by atoms with Crippen LogP contribution >= 0.6 is 27.5 Å². The van der Waals surface area contributed by atoms with Crippen molar-refractivity contribution in [3.63, 3.8) is 0 Å². The molecule has 0 spiro atoms. The molecule has 1 aromatic rings. The molecule has 0 unspecified atom stereocenters. The van der Waals surface area contributed by atoms with Crippen LogP contribution in [0.25, 0.3) is 0 Å². The molecular formula is C10H15BrN2OS. The summed E-state index contributed by atoms with van der Waals surface area (Å²) < 4.78 is 11.2. The van der Waals surface area contributed by atoms with Gasteiger partial charge in [-0.05, 0) is 47.2 Å². The molecule has 1 aliphatic rings. The number of nitrogens with zero attached hydrogens (tertiary/aromatic N) is 2. The van der Waals surface area contributed by atoms with Crippen LogP contribution in [0.4, 0.5) is 0 Å². The molecule has 1 fully saturated rings. The second-order valence-electron chi connectivity index (χ2n) is 3.86. The maximum absolute atomic E-state index is 5.93. The summed E-state index contributed by atoms with van der Waals surface area (Å²) in [6, 6.07) is 0. The van der Waals surface area contributed by atoms with Crippen LogP contribution in [0, 0.1) is 0 Å². The van der Waals surface area contributed by atoms with Crippen LogP contribution in [0.2, 0.25) is 0 Å². The van der Waals surface area contributed by atoms with Crippen molar-refractivity contribution < 1.29 is 4.74 Å². The van der Waals surface area contributed by atoms with Crippen LogP contribution in [0.1, 0.15) is 44.9 Å². The molecule has 0 radical (unpaired) electrons. The number of ether oxygens (including phenoxy) is 1. The zero-order chi connectivity index (χ0) is 10.7. The largest absolute Gasteiger partial charge is 0.367 e. The molecule has 1 aromatic heterocycles. The molecule has 15 heavy (non-hydrogen) atoms. The lowest BCUT2D eigenvalue weighted by atomic mass is 9.84. The molecule has 0 atom stereocenters. The minimum Gasteiger partial charge on any atom is -0.367 e. The van der Waals surface area contributed by atoms with Gasteiger partial charge in [-0.1, -0.05) is 19.3 Å². The zero-order valence-corrected chi connectivity index (χ0v) is 11.2. The highest BCUT2D eigenvalue weighted by molar-refractivity contribution is 9.11. The van der Waals surface area contributed by atoms with Crippen molar-refractivity contribution in [1.29, 1.82) is 0 Å². The predicted octanol–water partition coefficient (Wildman–Crippen LogP) is 3.50. The van der Waals surface area contributed by atoms with E-state index in [2.05, 4.69) is 25.3 Å². The maximum Gasteiger partial charge on any atom is 0.179 e. The second kappa shape index (κ2) is 4.89. The second-order valence-corrected chi connectivity index (χ2v) is 5.89. The first kappa shape index (κ1) is 11.5. The Kier molecular flexibility index (Phi) is 3.74. The lowest BCUT2D eigenvalue weighted by molar-refractivity contribution is -0.0759. The van der Waals surface area contributed by atoms with Gasteiger partial charge < -0.3 is 4.74 Å². The van der Waals surface area contributed by atoms with Crippen molar-refractivity contribution in [1.82, 2.24) is 9.36 Å². The van der Waals surface area contributed by atoms with Gasteiger partial charge in [-0.15, -0.1) is 0 Å². The van der Waals surface area contributed by atoms with E-state index in [4.69, 9.17) is 4.74 Å². The summed E-state index contributed by atoms with van der Waals surface area (Å²) in [6.45, 7) is 2.77. The summed E-state index contributed by atoms with van der Waals surface area (Å²) in [5, 5.41) is 0. The van der Waals surface area contributed by atoms with Gasteiger partial charge in [-0.25, -0.2) is 4.98 Å². The van der Waals surface area contributed by atoms with Crippen molar-refractivity contribution in [2.24, 2.45) is 0 Å². The van der Waals surface area contributed by atoms with E-state index >= 15 is 0 Å². The third-order valence-corrected chi connectivity index (χ3v) is 4.01. The number of rotatable bonds is 3. The highest BCUT2D eigenvalue weighted by Crippen LogP contribution is 2.39.